The summed E-state index contributed by atoms with van der Waals surface area (Å²) in [7, 11) is 0. The van der Waals surface area contributed by atoms with Crippen molar-refractivity contribution in [2.75, 3.05) is 0 Å². The number of hydrogen-bond donors (Lipinski definition) is 2. The van der Waals surface area contributed by atoms with Crippen molar-refractivity contribution in [2.24, 2.45) is 0 Å². The molecule has 0 aromatic rings. The van der Waals surface area contributed by atoms with Gasteiger partial charge < -0.3 is 11.3 Å². The Morgan fingerprint density at radius 2 is 1.36 bits per heavy atom. The van der Waals surface area contributed by atoms with Crippen LogP contribution >= 0.6 is 0 Å². The second kappa shape index (κ2) is 16.6. The molecule has 0 saturated heterocycles. The summed E-state index contributed by atoms with van der Waals surface area (Å²) in [6.07, 6.45) is 0. The van der Waals surface area contributed by atoms with Crippen molar-refractivity contribution in [3.8, 4) is 0 Å². The molecule has 3 nitrogen and oxygen atoms in total. The van der Waals surface area contributed by atoms with Gasteiger partial charge in [0.15, 0.2) is 0 Å². The normalized spacial score (nSPS) is 8.45. The molecular weight excluding hydrogens is 237 g/mol. The predicted octanol–water partition coefficient (Wildman–Crippen LogP) is 2.78. The second-order valence-electron chi connectivity index (χ2n) is 1.25. The molecule has 0 aromatic heterocycles. The first-order valence-electron chi connectivity index (χ1n) is 3.29. The van der Waals surface area contributed by atoms with E-state index in [0.29, 0.717) is 0 Å². The van der Waals surface area contributed by atoms with E-state index in [0.717, 1.165) is 0 Å². The van der Waals surface area contributed by atoms with Gasteiger partial charge in [0.05, 0.1) is 0 Å². The third-order valence-electron chi connectivity index (χ3n) is 0.949. The summed E-state index contributed by atoms with van der Waals surface area (Å²) >= 11 is 0.0139. The molecule has 0 aromatic carbocycles. The van der Waals surface area contributed by atoms with Crippen LogP contribution in [-0.4, -0.2) is 11.6 Å². The van der Waals surface area contributed by atoms with E-state index in [4.69, 9.17) is 9.90 Å². The minimum absolute atomic E-state index is 0. The van der Waals surface area contributed by atoms with E-state index in [1.165, 1.54) is 14.7 Å². The maximum Gasteiger partial charge on any atom is 0.290 e. The molecule has 0 aliphatic carbocycles. The second-order valence-corrected chi connectivity index (χ2v) is 6.88. The van der Waals surface area contributed by atoms with Crippen molar-refractivity contribution < 1.29 is 26.7 Å². The summed E-state index contributed by atoms with van der Waals surface area (Å²) in [4.78, 5) is 12.8. The van der Waals surface area contributed by atoms with E-state index in [2.05, 4.69) is 20.8 Å². The van der Waals surface area contributed by atoms with Crippen LogP contribution in [0.3, 0.4) is 0 Å². The van der Waals surface area contributed by atoms with Crippen LogP contribution in [0.15, 0.2) is 0 Å². The topological polar surface area (TPSA) is 72.3 Å². The van der Waals surface area contributed by atoms with Gasteiger partial charge in [-0.2, -0.15) is 0 Å². The van der Waals surface area contributed by atoms with Crippen LogP contribution in [0.4, 0.5) is 0 Å². The van der Waals surface area contributed by atoms with Crippen molar-refractivity contribution in [3.05, 3.63) is 0 Å². The van der Waals surface area contributed by atoms with E-state index in [1.807, 2.05) is 0 Å². The zero-order valence-electron chi connectivity index (χ0n) is 7.58. The molecule has 0 unspecified atom stereocenters. The fourth-order valence-corrected chi connectivity index (χ4v) is 2.81. The van der Waals surface area contributed by atoms with Gasteiger partial charge in [0.25, 0.3) is 6.47 Å². The molecule has 0 radical (unpaired) electrons. The van der Waals surface area contributed by atoms with Crippen LogP contribution < -0.4 is 6.15 Å². The van der Waals surface area contributed by atoms with Gasteiger partial charge in [0, 0.05) is 0 Å². The van der Waals surface area contributed by atoms with Crippen molar-refractivity contribution in [1.82, 2.24) is 6.15 Å². The molecule has 11 heavy (non-hydrogen) atoms. The van der Waals surface area contributed by atoms with Crippen LogP contribution in [0.2, 0.25) is 14.7 Å². The molecule has 0 amide bonds. The van der Waals surface area contributed by atoms with Crippen LogP contribution in [0.5, 0.6) is 0 Å². The molecule has 0 fully saturated rings. The zero-order chi connectivity index (χ0) is 8.41. The molecule has 0 atom stereocenters. The first-order valence-corrected chi connectivity index (χ1v) is 6.58. The molecule has 0 spiro atoms. The molecule has 75 valence electrons. The minimum atomic E-state index is -0.250. The molecular formula is C7H20NO2Pd. The summed E-state index contributed by atoms with van der Waals surface area (Å²) in [5.74, 6) is 0. The Morgan fingerprint density at radius 3 is 1.36 bits per heavy atom. The SMILES string of the molecule is C[CH2][Pd]([CH2]C)[CH2]C.N.O=CO. The summed E-state index contributed by atoms with van der Waals surface area (Å²) in [5, 5.41) is 6.89. The van der Waals surface area contributed by atoms with Gasteiger partial charge >= 0.3 is 52.2 Å². The van der Waals surface area contributed by atoms with Crippen molar-refractivity contribution in [1.29, 1.82) is 0 Å². The fraction of sp³-hybridized carbons (Fsp3) is 0.857. The van der Waals surface area contributed by atoms with Gasteiger partial charge in [-0.3, -0.25) is 4.79 Å². The average Bonchev–Trinajstić information content (AvgIpc) is 1.93. The van der Waals surface area contributed by atoms with Gasteiger partial charge in [-0.25, -0.2) is 0 Å². The number of rotatable bonds is 3. The monoisotopic (exact) mass is 256 g/mol. The smallest absolute Gasteiger partial charge is 0.290 e. The average molecular weight is 257 g/mol. The Hall–Kier alpha value is 0.0923. The van der Waals surface area contributed by atoms with Gasteiger partial charge in [-0.1, -0.05) is 0 Å². The van der Waals surface area contributed by atoms with E-state index in [9.17, 15) is 0 Å². The molecule has 0 bridgehead atoms. The Bertz CT molecular complexity index is 62.0. The zero-order valence-corrected chi connectivity index (χ0v) is 9.13. The Kier molecular flexibility index (Phi) is 26.0. The van der Waals surface area contributed by atoms with Crippen LogP contribution in [0.25, 0.3) is 0 Å². The fourth-order valence-electron chi connectivity index (χ4n) is 0.474. The summed E-state index contributed by atoms with van der Waals surface area (Å²) < 4.78 is 0. The minimum Gasteiger partial charge on any atom is -0.483 e. The molecule has 0 aliphatic heterocycles. The van der Waals surface area contributed by atoms with Gasteiger partial charge in [0.2, 0.25) is 0 Å². The molecule has 4 N–H and O–H groups in total. The van der Waals surface area contributed by atoms with Crippen LogP contribution in [0.1, 0.15) is 20.8 Å². The number of hydrogen-bond acceptors (Lipinski definition) is 2. The Labute approximate surface area is 75.1 Å². The van der Waals surface area contributed by atoms with E-state index < -0.39 is 0 Å². The molecule has 0 aliphatic rings. The van der Waals surface area contributed by atoms with E-state index in [1.54, 1.807) is 0 Å². The summed E-state index contributed by atoms with van der Waals surface area (Å²) in [6.45, 7) is 6.69. The van der Waals surface area contributed by atoms with Gasteiger partial charge in [0.1, 0.15) is 0 Å². The van der Waals surface area contributed by atoms with Crippen molar-refractivity contribution in [2.45, 2.75) is 35.5 Å². The molecule has 4 heteroatoms. The van der Waals surface area contributed by atoms with Crippen molar-refractivity contribution in [3.63, 3.8) is 0 Å². The van der Waals surface area contributed by atoms with Gasteiger partial charge in [-0.05, 0) is 0 Å². The molecule has 0 rings (SSSR count). The van der Waals surface area contributed by atoms with Crippen molar-refractivity contribution >= 4 is 6.47 Å². The standard InChI is InChI=1S/3C2H5.CH2O2.H3N.Pd/c3*1-2;2-1-3;;/h3*1H2,2H3;1H,(H,2,3);1H3;. The maximum atomic E-state index is 8.36. The van der Waals surface area contributed by atoms with E-state index >= 15 is 0 Å². The summed E-state index contributed by atoms with van der Waals surface area (Å²) in [6, 6.07) is 0. The van der Waals surface area contributed by atoms with Gasteiger partial charge in [-0.15, -0.1) is 0 Å². The quantitative estimate of drug-likeness (QED) is 0.602. The van der Waals surface area contributed by atoms with Crippen LogP contribution in [0, 0.1) is 0 Å². The summed E-state index contributed by atoms with van der Waals surface area (Å²) in [5.41, 5.74) is 0. The first-order chi connectivity index (χ1) is 4.76. The number of carbonyl (C=O) groups is 1. The molecule has 0 saturated carbocycles. The predicted molar refractivity (Wildman–Crippen MR) is 45.2 cm³/mol. The third-order valence-corrected chi connectivity index (χ3v) is 5.61. The third kappa shape index (κ3) is 17.8. The first kappa shape index (κ1) is 17.3. The largest absolute Gasteiger partial charge is 0.483 e. The van der Waals surface area contributed by atoms with Crippen LogP contribution in [-0.2, 0) is 21.6 Å². The Morgan fingerprint density at radius 1 is 1.18 bits per heavy atom. The maximum absolute atomic E-state index is 8.36. The van der Waals surface area contributed by atoms with E-state index in [-0.39, 0.29) is 29.4 Å². The Balaban J connectivity index is -0.000000140. The molecule has 0 heterocycles. The number of carboxylic acid groups (broad SMARTS) is 1.